The summed E-state index contributed by atoms with van der Waals surface area (Å²) in [6.07, 6.45) is 2.37. The van der Waals surface area contributed by atoms with Gasteiger partial charge in [-0.1, -0.05) is 18.2 Å². The Balaban J connectivity index is 1.93. The Morgan fingerprint density at radius 1 is 1.38 bits per heavy atom. The topological polar surface area (TPSA) is 75.7 Å². The van der Waals surface area contributed by atoms with Crippen LogP contribution in [0.1, 0.15) is 12.8 Å². The van der Waals surface area contributed by atoms with Crippen molar-refractivity contribution in [1.82, 2.24) is 5.32 Å². The molecule has 2 rings (SSSR count). The van der Waals surface area contributed by atoms with Crippen LogP contribution in [0.4, 0.5) is 5.69 Å². The number of nitrogens with zero attached hydrogens (tertiary/aromatic N) is 1. The summed E-state index contributed by atoms with van der Waals surface area (Å²) < 4.78 is 30.3. The van der Waals surface area contributed by atoms with E-state index in [2.05, 4.69) is 5.32 Å². The highest BCUT2D eigenvalue weighted by molar-refractivity contribution is 7.92. The first kappa shape index (κ1) is 15.8. The quantitative estimate of drug-likeness (QED) is 0.841. The molecular formula is C14H20N2O4S. The van der Waals surface area contributed by atoms with Crippen molar-refractivity contribution in [2.75, 3.05) is 30.3 Å². The predicted octanol–water partition coefficient (Wildman–Crippen LogP) is 0.748. The number of nitrogens with one attached hydrogen (secondary N) is 1. The molecule has 0 aromatic heterocycles. The molecule has 0 radical (unpaired) electrons. The van der Waals surface area contributed by atoms with Crippen molar-refractivity contribution >= 4 is 21.6 Å². The highest BCUT2D eigenvalue weighted by Gasteiger charge is 2.24. The predicted molar refractivity (Wildman–Crippen MR) is 80.6 cm³/mol. The minimum Gasteiger partial charge on any atom is -0.368 e. The van der Waals surface area contributed by atoms with Gasteiger partial charge in [-0.25, -0.2) is 8.42 Å². The largest absolute Gasteiger partial charge is 0.368 e. The highest BCUT2D eigenvalue weighted by Crippen LogP contribution is 2.16. The third-order valence-electron chi connectivity index (χ3n) is 3.28. The molecule has 1 aliphatic rings. The second kappa shape index (κ2) is 6.91. The minimum absolute atomic E-state index is 0.172. The number of carbonyl (C=O) groups is 1. The zero-order chi connectivity index (χ0) is 15.3. The molecule has 116 valence electrons. The van der Waals surface area contributed by atoms with E-state index in [0.717, 1.165) is 19.1 Å². The number of benzene rings is 1. The first-order valence-electron chi connectivity index (χ1n) is 6.90. The molecule has 0 saturated carbocycles. The van der Waals surface area contributed by atoms with Crippen LogP contribution in [0.5, 0.6) is 0 Å². The number of carbonyl (C=O) groups excluding carboxylic acids is 1. The van der Waals surface area contributed by atoms with Gasteiger partial charge in [0.05, 0.1) is 18.5 Å². The Bertz CT molecular complexity index is 568. The maximum atomic E-state index is 11.9. The van der Waals surface area contributed by atoms with E-state index in [9.17, 15) is 13.2 Å². The molecule has 0 aliphatic carbocycles. The standard InChI is InChI=1S/C14H20N2O4S/c1-21(18,19)16(12-6-3-2-4-7-12)10-9-15-14(17)13-8-5-11-20-13/h2-4,6-7,13H,5,8-11H2,1H3,(H,15,17). The third kappa shape index (κ3) is 4.44. The molecule has 1 aromatic carbocycles. The van der Waals surface area contributed by atoms with Gasteiger partial charge in [-0.05, 0) is 25.0 Å². The van der Waals surface area contributed by atoms with Crippen molar-refractivity contribution in [3.8, 4) is 0 Å². The molecule has 1 aromatic rings. The molecular weight excluding hydrogens is 292 g/mol. The maximum absolute atomic E-state index is 11.9. The normalized spacial score (nSPS) is 18.4. The second-order valence-corrected chi connectivity index (χ2v) is 6.87. The minimum atomic E-state index is -3.38. The van der Waals surface area contributed by atoms with Gasteiger partial charge in [0.2, 0.25) is 15.9 Å². The smallest absolute Gasteiger partial charge is 0.249 e. The van der Waals surface area contributed by atoms with Gasteiger partial charge in [0, 0.05) is 13.2 Å². The van der Waals surface area contributed by atoms with E-state index in [1.165, 1.54) is 4.31 Å². The van der Waals surface area contributed by atoms with Gasteiger partial charge in [0.15, 0.2) is 0 Å². The number of ether oxygens (including phenoxy) is 1. The highest BCUT2D eigenvalue weighted by atomic mass is 32.2. The van der Waals surface area contributed by atoms with Crippen LogP contribution in [0.2, 0.25) is 0 Å². The van der Waals surface area contributed by atoms with E-state index in [1.54, 1.807) is 24.3 Å². The van der Waals surface area contributed by atoms with Crippen molar-refractivity contribution in [3.05, 3.63) is 30.3 Å². The van der Waals surface area contributed by atoms with Crippen LogP contribution in [-0.2, 0) is 19.6 Å². The Morgan fingerprint density at radius 2 is 2.10 bits per heavy atom. The fourth-order valence-corrected chi connectivity index (χ4v) is 3.19. The molecule has 21 heavy (non-hydrogen) atoms. The summed E-state index contributed by atoms with van der Waals surface area (Å²) in [6, 6.07) is 8.83. The molecule has 1 saturated heterocycles. The molecule has 1 N–H and O–H groups in total. The summed E-state index contributed by atoms with van der Waals surface area (Å²) in [6.45, 7) is 1.06. The number of sulfonamides is 1. The van der Waals surface area contributed by atoms with Gasteiger partial charge in [0.1, 0.15) is 6.10 Å². The number of hydrogen-bond acceptors (Lipinski definition) is 4. The van der Waals surface area contributed by atoms with Crippen LogP contribution in [0, 0.1) is 0 Å². The molecule has 0 bridgehead atoms. The average Bonchev–Trinajstić information content (AvgIpc) is 2.97. The molecule has 0 spiro atoms. The van der Waals surface area contributed by atoms with Crippen LogP contribution < -0.4 is 9.62 Å². The van der Waals surface area contributed by atoms with Gasteiger partial charge in [0.25, 0.3) is 0 Å². The van der Waals surface area contributed by atoms with Crippen LogP contribution >= 0.6 is 0 Å². The molecule has 1 aliphatic heterocycles. The number of rotatable bonds is 6. The molecule has 6 nitrogen and oxygen atoms in total. The summed E-state index contributed by atoms with van der Waals surface area (Å²) in [5.41, 5.74) is 0.589. The third-order valence-corrected chi connectivity index (χ3v) is 4.47. The number of hydrogen-bond donors (Lipinski definition) is 1. The Kier molecular flexibility index (Phi) is 5.19. The van der Waals surface area contributed by atoms with Crippen LogP contribution in [-0.4, -0.2) is 46.4 Å². The van der Waals surface area contributed by atoms with Crippen molar-refractivity contribution in [1.29, 1.82) is 0 Å². The summed E-state index contributed by atoms with van der Waals surface area (Å²) >= 11 is 0. The Hall–Kier alpha value is -1.60. The maximum Gasteiger partial charge on any atom is 0.249 e. The van der Waals surface area contributed by atoms with Gasteiger partial charge >= 0.3 is 0 Å². The lowest BCUT2D eigenvalue weighted by atomic mass is 10.2. The van der Waals surface area contributed by atoms with Crippen molar-refractivity contribution in [3.63, 3.8) is 0 Å². The van der Waals surface area contributed by atoms with E-state index in [0.29, 0.717) is 12.3 Å². The van der Waals surface area contributed by atoms with Crippen molar-refractivity contribution in [2.24, 2.45) is 0 Å². The molecule has 1 fully saturated rings. The fourth-order valence-electron chi connectivity index (χ4n) is 2.26. The van der Waals surface area contributed by atoms with Gasteiger partial charge < -0.3 is 10.1 Å². The monoisotopic (exact) mass is 312 g/mol. The number of para-hydroxylation sites is 1. The van der Waals surface area contributed by atoms with Crippen LogP contribution in [0.25, 0.3) is 0 Å². The molecule has 1 heterocycles. The fraction of sp³-hybridized carbons (Fsp3) is 0.500. The first-order chi connectivity index (χ1) is 9.98. The number of anilines is 1. The lowest BCUT2D eigenvalue weighted by Crippen LogP contribution is -2.41. The second-order valence-electron chi connectivity index (χ2n) is 4.96. The summed E-state index contributed by atoms with van der Waals surface area (Å²) in [4.78, 5) is 11.8. The number of amides is 1. The Labute approximate surface area is 125 Å². The van der Waals surface area contributed by atoms with Gasteiger partial charge in [-0.2, -0.15) is 0 Å². The van der Waals surface area contributed by atoms with Crippen molar-refractivity contribution < 1.29 is 17.9 Å². The Morgan fingerprint density at radius 3 is 2.67 bits per heavy atom. The average molecular weight is 312 g/mol. The van der Waals surface area contributed by atoms with E-state index in [1.807, 2.05) is 6.07 Å². The van der Waals surface area contributed by atoms with Gasteiger partial charge in [-0.3, -0.25) is 9.10 Å². The molecule has 1 atom stereocenters. The molecule has 1 unspecified atom stereocenters. The SMILES string of the molecule is CS(=O)(=O)N(CCNC(=O)C1CCCO1)c1ccccc1. The lowest BCUT2D eigenvalue weighted by Gasteiger charge is -2.22. The van der Waals surface area contributed by atoms with E-state index in [4.69, 9.17) is 4.74 Å². The van der Waals surface area contributed by atoms with E-state index in [-0.39, 0.29) is 19.0 Å². The lowest BCUT2D eigenvalue weighted by molar-refractivity contribution is -0.129. The van der Waals surface area contributed by atoms with Crippen molar-refractivity contribution in [2.45, 2.75) is 18.9 Å². The molecule has 7 heteroatoms. The summed E-state index contributed by atoms with van der Waals surface area (Å²) in [7, 11) is -3.38. The summed E-state index contributed by atoms with van der Waals surface area (Å²) in [5.74, 6) is -0.172. The zero-order valence-electron chi connectivity index (χ0n) is 12.0. The van der Waals surface area contributed by atoms with E-state index >= 15 is 0 Å². The molecule has 1 amide bonds. The van der Waals surface area contributed by atoms with E-state index < -0.39 is 16.1 Å². The van der Waals surface area contributed by atoms with Gasteiger partial charge in [-0.15, -0.1) is 0 Å². The zero-order valence-corrected chi connectivity index (χ0v) is 12.8. The van der Waals surface area contributed by atoms with Crippen LogP contribution in [0.15, 0.2) is 30.3 Å². The summed E-state index contributed by atoms with van der Waals surface area (Å²) in [5, 5.41) is 2.73. The first-order valence-corrected chi connectivity index (χ1v) is 8.75. The van der Waals surface area contributed by atoms with Crippen LogP contribution in [0.3, 0.4) is 0 Å².